The molecule has 112 valence electrons. The molecule has 2 N–H and O–H groups in total. The maximum atomic E-state index is 6.30. The highest BCUT2D eigenvalue weighted by Gasteiger charge is 2.48. The van der Waals surface area contributed by atoms with E-state index in [1.54, 1.807) is 0 Å². The van der Waals surface area contributed by atoms with Crippen molar-refractivity contribution in [3.63, 3.8) is 0 Å². The highest BCUT2D eigenvalue weighted by molar-refractivity contribution is 5.06. The van der Waals surface area contributed by atoms with Crippen molar-refractivity contribution in [1.82, 2.24) is 9.80 Å². The van der Waals surface area contributed by atoms with E-state index in [0.29, 0.717) is 5.54 Å². The van der Waals surface area contributed by atoms with Gasteiger partial charge in [0, 0.05) is 18.6 Å². The van der Waals surface area contributed by atoms with Gasteiger partial charge in [-0.2, -0.15) is 0 Å². The van der Waals surface area contributed by atoms with E-state index in [-0.39, 0.29) is 0 Å². The summed E-state index contributed by atoms with van der Waals surface area (Å²) < 4.78 is 0. The molecule has 0 amide bonds. The summed E-state index contributed by atoms with van der Waals surface area (Å²) in [4.78, 5) is 5.42. The summed E-state index contributed by atoms with van der Waals surface area (Å²) in [5.41, 5.74) is 6.59. The first-order chi connectivity index (χ1) is 9.26. The van der Waals surface area contributed by atoms with Crippen LogP contribution in [0.15, 0.2) is 0 Å². The van der Waals surface area contributed by atoms with Gasteiger partial charge in [0.1, 0.15) is 0 Å². The van der Waals surface area contributed by atoms with Crippen LogP contribution in [0.1, 0.15) is 52.4 Å². The maximum absolute atomic E-state index is 6.30. The molecule has 3 saturated heterocycles. The Bertz CT molecular complexity index is 253. The predicted molar refractivity (Wildman–Crippen MR) is 82.3 cm³/mol. The van der Waals surface area contributed by atoms with Crippen molar-refractivity contribution in [2.45, 2.75) is 57.9 Å². The lowest BCUT2D eigenvalue weighted by Crippen LogP contribution is -2.70. The van der Waals surface area contributed by atoms with Crippen molar-refractivity contribution < 1.29 is 0 Å². The molecule has 1 atom stereocenters. The largest absolute Gasteiger partial charge is 0.329 e. The quantitative estimate of drug-likeness (QED) is 0.732. The van der Waals surface area contributed by atoms with Crippen LogP contribution in [0.4, 0.5) is 0 Å². The number of nitrogens with zero attached hydrogens (tertiary/aromatic N) is 2. The van der Waals surface area contributed by atoms with Crippen LogP contribution >= 0.6 is 0 Å². The minimum absolute atomic E-state index is 0.292. The summed E-state index contributed by atoms with van der Waals surface area (Å²) in [5.74, 6) is 0.844. The lowest BCUT2D eigenvalue weighted by Gasteiger charge is -2.58. The van der Waals surface area contributed by atoms with Gasteiger partial charge in [-0.25, -0.2) is 0 Å². The Kier molecular flexibility index (Phi) is 5.67. The van der Waals surface area contributed by atoms with Crippen LogP contribution in [-0.2, 0) is 0 Å². The molecule has 3 nitrogen and oxygen atoms in total. The van der Waals surface area contributed by atoms with Crippen LogP contribution in [0.3, 0.4) is 0 Å². The van der Waals surface area contributed by atoms with Gasteiger partial charge >= 0.3 is 0 Å². The summed E-state index contributed by atoms with van der Waals surface area (Å²) in [6.45, 7) is 11.8. The number of unbranched alkanes of at least 4 members (excludes halogenated alkanes) is 2. The number of fused-ring (bicyclic) bond motifs is 3. The van der Waals surface area contributed by atoms with Crippen LogP contribution in [0.25, 0.3) is 0 Å². The molecule has 19 heavy (non-hydrogen) atoms. The van der Waals surface area contributed by atoms with E-state index in [4.69, 9.17) is 5.73 Å². The molecule has 1 unspecified atom stereocenters. The summed E-state index contributed by atoms with van der Waals surface area (Å²) in [6, 6.07) is 0. The molecule has 0 aromatic rings. The second kappa shape index (κ2) is 7.05. The van der Waals surface area contributed by atoms with E-state index in [1.165, 1.54) is 71.2 Å². The standard InChI is InChI=1S/C16H33N3/c1-3-5-9-19(10-6-4-2)16(13-17)14-18-11-7-15(16)8-12-18/h15H,3-14,17H2,1-2H3. The van der Waals surface area contributed by atoms with Crippen molar-refractivity contribution in [1.29, 1.82) is 0 Å². The lowest BCUT2D eigenvalue weighted by atomic mass is 9.71. The topological polar surface area (TPSA) is 32.5 Å². The Morgan fingerprint density at radius 2 is 1.68 bits per heavy atom. The number of nitrogens with two attached hydrogens (primary N) is 1. The van der Waals surface area contributed by atoms with Crippen molar-refractivity contribution in [3.05, 3.63) is 0 Å². The second-order valence-corrected chi connectivity index (χ2v) is 6.55. The Hall–Kier alpha value is -0.120. The molecular weight excluding hydrogens is 234 g/mol. The highest BCUT2D eigenvalue weighted by Crippen LogP contribution is 2.39. The molecule has 3 aliphatic rings. The van der Waals surface area contributed by atoms with E-state index < -0.39 is 0 Å². The molecular formula is C16H33N3. The van der Waals surface area contributed by atoms with Gasteiger partial charge in [0.25, 0.3) is 0 Å². The van der Waals surface area contributed by atoms with Gasteiger partial charge in [-0.15, -0.1) is 0 Å². The molecule has 3 fully saturated rings. The predicted octanol–water partition coefficient (Wildman–Crippen LogP) is 2.31. The van der Waals surface area contributed by atoms with Gasteiger partial charge in [0.2, 0.25) is 0 Å². The number of hydrogen-bond donors (Lipinski definition) is 1. The van der Waals surface area contributed by atoms with Crippen molar-refractivity contribution >= 4 is 0 Å². The number of hydrogen-bond acceptors (Lipinski definition) is 3. The van der Waals surface area contributed by atoms with Crippen molar-refractivity contribution in [3.8, 4) is 0 Å². The fourth-order valence-electron chi connectivity index (χ4n) is 4.12. The van der Waals surface area contributed by atoms with E-state index >= 15 is 0 Å². The molecule has 0 aromatic carbocycles. The molecule has 3 heteroatoms. The van der Waals surface area contributed by atoms with Crippen molar-refractivity contribution in [2.24, 2.45) is 11.7 Å². The van der Waals surface area contributed by atoms with Crippen molar-refractivity contribution in [2.75, 3.05) is 39.3 Å². The van der Waals surface area contributed by atoms with Gasteiger partial charge in [0.05, 0.1) is 0 Å². The molecule has 0 aliphatic carbocycles. The van der Waals surface area contributed by atoms with Crippen LogP contribution in [-0.4, -0.2) is 54.6 Å². The first-order valence-electron chi connectivity index (χ1n) is 8.44. The SMILES string of the molecule is CCCCN(CCCC)C1(CN)CN2CCC1CC2. The zero-order valence-electron chi connectivity index (χ0n) is 13.0. The summed E-state index contributed by atoms with van der Waals surface area (Å²) in [7, 11) is 0. The van der Waals surface area contributed by atoms with E-state index in [0.717, 1.165) is 12.5 Å². The molecule has 0 aromatic heterocycles. The van der Waals surface area contributed by atoms with Crippen LogP contribution in [0.5, 0.6) is 0 Å². The third-order valence-electron chi connectivity index (χ3n) is 5.39. The maximum Gasteiger partial charge on any atom is 0.0487 e. The second-order valence-electron chi connectivity index (χ2n) is 6.55. The van der Waals surface area contributed by atoms with E-state index in [9.17, 15) is 0 Å². The molecule has 3 aliphatic heterocycles. The monoisotopic (exact) mass is 267 g/mol. The minimum Gasteiger partial charge on any atom is -0.329 e. The smallest absolute Gasteiger partial charge is 0.0487 e. The number of rotatable bonds is 8. The third-order valence-corrected chi connectivity index (χ3v) is 5.39. The minimum atomic E-state index is 0.292. The van der Waals surface area contributed by atoms with E-state index in [2.05, 4.69) is 23.6 Å². The van der Waals surface area contributed by atoms with Gasteiger partial charge in [-0.05, 0) is 57.8 Å². The van der Waals surface area contributed by atoms with Gasteiger partial charge in [0.15, 0.2) is 0 Å². The first-order valence-corrected chi connectivity index (χ1v) is 8.44. The summed E-state index contributed by atoms with van der Waals surface area (Å²) >= 11 is 0. The van der Waals surface area contributed by atoms with Gasteiger partial charge < -0.3 is 10.6 Å². The first kappa shape index (κ1) is 15.3. The number of piperidine rings is 3. The molecule has 0 spiro atoms. The molecule has 0 radical (unpaired) electrons. The molecule has 3 heterocycles. The fourth-order valence-corrected chi connectivity index (χ4v) is 4.12. The Morgan fingerprint density at radius 3 is 2.05 bits per heavy atom. The van der Waals surface area contributed by atoms with Gasteiger partial charge in [-0.1, -0.05) is 26.7 Å². The fraction of sp³-hybridized carbons (Fsp3) is 1.00. The van der Waals surface area contributed by atoms with Gasteiger partial charge in [-0.3, -0.25) is 4.90 Å². The average molecular weight is 267 g/mol. The average Bonchev–Trinajstić information content (AvgIpc) is 2.48. The Labute approximate surface area is 119 Å². The zero-order valence-corrected chi connectivity index (χ0v) is 13.0. The molecule has 2 bridgehead atoms. The van der Waals surface area contributed by atoms with Crippen LogP contribution < -0.4 is 5.73 Å². The summed E-state index contributed by atoms with van der Waals surface area (Å²) in [5, 5.41) is 0. The van der Waals surface area contributed by atoms with E-state index in [1.807, 2.05) is 0 Å². The lowest BCUT2D eigenvalue weighted by molar-refractivity contribution is -0.0682. The Balaban J connectivity index is 2.10. The van der Waals surface area contributed by atoms with Crippen LogP contribution in [0, 0.1) is 5.92 Å². The zero-order chi connectivity index (χ0) is 13.7. The van der Waals surface area contributed by atoms with Crippen LogP contribution in [0.2, 0.25) is 0 Å². The third kappa shape index (κ3) is 3.14. The molecule has 3 rings (SSSR count). The highest BCUT2D eigenvalue weighted by atomic mass is 15.3. The molecule has 0 saturated carbocycles. The Morgan fingerprint density at radius 1 is 1.11 bits per heavy atom. The normalized spacial score (nSPS) is 34.1. The summed E-state index contributed by atoms with van der Waals surface area (Å²) in [6.07, 6.45) is 7.95.